The van der Waals surface area contributed by atoms with Crippen LogP contribution in [-0.4, -0.2) is 18.3 Å². The molecule has 1 unspecified atom stereocenters. The lowest BCUT2D eigenvalue weighted by molar-refractivity contribution is 0.186. The molecule has 0 aliphatic carbocycles. The molecule has 1 aromatic rings. The Bertz CT molecular complexity index is 319. The van der Waals surface area contributed by atoms with Gasteiger partial charge >= 0.3 is 0 Å². The minimum Gasteiger partial charge on any atom is -0.508 e. The molecule has 0 spiro atoms. The summed E-state index contributed by atoms with van der Waals surface area (Å²) in [5, 5.41) is 9.32. The first-order valence-corrected chi connectivity index (χ1v) is 4.91. The van der Waals surface area contributed by atoms with Crippen LogP contribution in [0.1, 0.15) is 12.0 Å². The van der Waals surface area contributed by atoms with Crippen LogP contribution in [0.4, 0.5) is 5.69 Å². The van der Waals surface area contributed by atoms with Crippen LogP contribution in [0.5, 0.6) is 5.75 Å². The van der Waals surface area contributed by atoms with Gasteiger partial charge in [0.1, 0.15) is 5.75 Å². The normalized spacial score (nSPS) is 21.3. The number of phenols is 1. The van der Waals surface area contributed by atoms with E-state index in [9.17, 15) is 5.11 Å². The number of benzene rings is 1. The van der Waals surface area contributed by atoms with Crippen LogP contribution in [0, 0.1) is 5.92 Å². The van der Waals surface area contributed by atoms with Crippen LogP contribution < -0.4 is 5.73 Å². The van der Waals surface area contributed by atoms with Gasteiger partial charge in [0, 0.05) is 18.9 Å². The summed E-state index contributed by atoms with van der Waals surface area (Å²) in [6, 6.07) is 5.11. The molecule has 3 heteroatoms. The second-order valence-electron chi connectivity index (χ2n) is 3.82. The van der Waals surface area contributed by atoms with Gasteiger partial charge in [-0.05, 0) is 42.5 Å². The van der Waals surface area contributed by atoms with Crippen molar-refractivity contribution in [3.63, 3.8) is 0 Å². The average molecular weight is 193 g/mol. The van der Waals surface area contributed by atoms with E-state index in [1.165, 1.54) is 0 Å². The predicted octanol–water partition coefficient (Wildman–Crippen LogP) is 1.55. The van der Waals surface area contributed by atoms with E-state index in [-0.39, 0.29) is 5.75 Å². The summed E-state index contributed by atoms with van der Waals surface area (Å²) < 4.78 is 5.30. The van der Waals surface area contributed by atoms with Gasteiger partial charge < -0.3 is 15.6 Å². The molecular formula is C11H15NO2. The number of aromatic hydroxyl groups is 1. The summed E-state index contributed by atoms with van der Waals surface area (Å²) in [4.78, 5) is 0. The predicted molar refractivity (Wildman–Crippen MR) is 55.1 cm³/mol. The lowest BCUT2D eigenvalue weighted by Crippen LogP contribution is -2.05. The second kappa shape index (κ2) is 3.88. The van der Waals surface area contributed by atoms with Crippen LogP contribution in [0.2, 0.25) is 0 Å². The average Bonchev–Trinajstić information content (AvgIpc) is 2.64. The summed E-state index contributed by atoms with van der Waals surface area (Å²) in [6.07, 6.45) is 2.00. The van der Waals surface area contributed by atoms with Crippen molar-refractivity contribution in [3.05, 3.63) is 23.8 Å². The van der Waals surface area contributed by atoms with Crippen LogP contribution in [0.15, 0.2) is 18.2 Å². The van der Waals surface area contributed by atoms with Gasteiger partial charge in [0.2, 0.25) is 0 Å². The first-order chi connectivity index (χ1) is 6.75. The van der Waals surface area contributed by atoms with Crippen molar-refractivity contribution in [2.75, 3.05) is 18.9 Å². The van der Waals surface area contributed by atoms with Crippen LogP contribution in [0.3, 0.4) is 0 Å². The van der Waals surface area contributed by atoms with Crippen molar-refractivity contribution in [1.29, 1.82) is 0 Å². The van der Waals surface area contributed by atoms with E-state index < -0.39 is 0 Å². The van der Waals surface area contributed by atoms with Crippen molar-refractivity contribution >= 4 is 5.69 Å². The van der Waals surface area contributed by atoms with Gasteiger partial charge in [-0.25, -0.2) is 0 Å². The quantitative estimate of drug-likeness (QED) is 0.553. The van der Waals surface area contributed by atoms with E-state index in [4.69, 9.17) is 10.5 Å². The van der Waals surface area contributed by atoms with E-state index in [0.717, 1.165) is 37.3 Å². The minimum atomic E-state index is 0.285. The van der Waals surface area contributed by atoms with E-state index in [0.29, 0.717) is 5.92 Å². The minimum absolute atomic E-state index is 0.285. The molecular weight excluding hydrogens is 178 g/mol. The third-order valence-electron chi connectivity index (χ3n) is 2.66. The van der Waals surface area contributed by atoms with E-state index in [2.05, 4.69) is 0 Å². The lowest BCUT2D eigenvalue weighted by atomic mass is 9.97. The molecule has 0 radical (unpaired) electrons. The molecule has 76 valence electrons. The number of phenolic OH excluding ortho intramolecular Hbond substituents is 1. The van der Waals surface area contributed by atoms with Gasteiger partial charge in [-0.15, -0.1) is 0 Å². The standard InChI is InChI=1S/C11H15NO2/c12-11-2-1-10(13)6-9(11)5-8-3-4-14-7-8/h1-2,6,8,13H,3-5,7,12H2. The molecule has 1 heterocycles. The Kier molecular flexibility index (Phi) is 2.59. The Labute approximate surface area is 83.5 Å². The maximum atomic E-state index is 9.32. The molecule has 0 saturated carbocycles. The summed E-state index contributed by atoms with van der Waals surface area (Å²) in [6.45, 7) is 1.67. The zero-order valence-electron chi connectivity index (χ0n) is 8.07. The topological polar surface area (TPSA) is 55.5 Å². The Morgan fingerprint density at radius 2 is 2.36 bits per heavy atom. The van der Waals surface area contributed by atoms with Crippen LogP contribution in [-0.2, 0) is 11.2 Å². The van der Waals surface area contributed by atoms with E-state index in [1.54, 1.807) is 18.2 Å². The molecule has 1 fully saturated rings. The summed E-state index contributed by atoms with van der Waals surface area (Å²) in [7, 11) is 0. The number of ether oxygens (including phenoxy) is 1. The maximum absolute atomic E-state index is 9.32. The fraction of sp³-hybridized carbons (Fsp3) is 0.455. The first-order valence-electron chi connectivity index (χ1n) is 4.91. The van der Waals surface area contributed by atoms with Crippen molar-refractivity contribution in [3.8, 4) is 5.75 Å². The molecule has 0 amide bonds. The van der Waals surface area contributed by atoms with Gasteiger partial charge in [-0.2, -0.15) is 0 Å². The van der Waals surface area contributed by atoms with Crippen molar-refractivity contribution < 1.29 is 9.84 Å². The first kappa shape index (κ1) is 9.34. The van der Waals surface area contributed by atoms with Gasteiger partial charge in [0.15, 0.2) is 0 Å². The smallest absolute Gasteiger partial charge is 0.116 e. The monoisotopic (exact) mass is 193 g/mol. The molecule has 1 aliphatic rings. The van der Waals surface area contributed by atoms with Gasteiger partial charge in [-0.1, -0.05) is 0 Å². The largest absolute Gasteiger partial charge is 0.508 e. The van der Waals surface area contributed by atoms with E-state index >= 15 is 0 Å². The molecule has 1 saturated heterocycles. The number of anilines is 1. The summed E-state index contributed by atoms with van der Waals surface area (Å²) in [5.74, 6) is 0.840. The highest BCUT2D eigenvalue weighted by Crippen LogP contribution is 2.24. The van der Waals surface area contributed by atoms with Gasteiger partial charge in [0.05, 0.1) is 0 Å². The molecule has 1 aliphatic heterocycles. The van der Waals surface area contributed by atoms with E-state index in [1.807, 2.05) is 0 Å². The lowest BCUT2D eigenvalue weighted by Gasteiger charge is -2.10. The number of hydrogen-bond donors (Lipinski definition) is 2. The molecule has 14 heavy (non-hydrogen) atoms. The molecule has 0 bridgehead atoms. The number of hydrogen-bond acceptors (Lipinski definition) is 3. The molecule has 0 aromatic heterocycles. The summed E-state index contributed by atoms with van der Waals surface area (Å²) >= 11 is 0. The Hall–Kier alpha value is -1.22. The Balaban J connectivity index is 2.10. The highest BCUT2D eigenvalue weighted by Gasteiger charge is 2.17. The number of nitrogens with two attached hydrogens (primary N) is 1. The highest BCUT2D eigenvalue weighted by atomic mass is 16.5. The fourth-order valence-corrected chi connectivity index (χ4v) is 1.82. The third kappa shape index (κ3) is 1.99. The van der Waals surface area contributed by atoms with Gasteiger partial charge in [0.25, 0.3) is 0 Å². The highest BCUT2D eigenvalue weighted by molar-refractivity contribution is 5.50. The fourth-order valence-electron chi connectivity index (χ4n) is 1.82. The molecule has 1 aromatic carbocycles. The molecule has 2 rings (SSSR count). The maximum Gasteiger partial charge on any atom is 0.116 e. The Morgan fingerprint density at radius 1 is 1.50 bits per heavy atom. The number of nitrogen functional groups attached to an aromatic ring is 1. The number of rotatable bonds is 2. The molecule has 1 atom stereocenters. The van der Waals surface area contributed by atoms with Crippen molar-refractivity contribution in [2.24, 2.45) is 5.92 Å². The Morgan fingerprint density at radius 3 is 3.07 bits per heavy atom. The van der Waals surface area contributed by atoms with Crippen molar-refractivity contribution in [2.45, 2.75) is 12.8 Å². The van der Waals surface area contributed by atoms with Crippen molar-refractivity contribution in [1.82, 2.24) is 0 Å². The summed E-state index contributed by atoms with van der Waals surface area (Å²) in [5.41, 5.74) is 7.60. The van der Waals surface area contributed by atoms with Crippen LogP contribution >= 0.6 is 0 Å². The third-order valence-corrected chi connectivity index (χ3v) is 2.66. The van der Waals surface area contributed by atoms with Crippen LogP contribution in [0.25, 0.3) is 0 Å². The molecule has 3 N–H and O–H groups in total. The molecule has 3 nitrogen and oxygen atoms in total. The SMILES string of the molecule is Nc1ccc(O)cc1CC1CCOC1. The zero-order valence-corrected chi connectivity index (χ0v) is 8.07. The van der Waals surface area contributed by atoms with Gasteiger partial charge in [-0.3, -0.25) is 0 Å². The zero-order chi connectivity index (χ0) is 9.97. The second-order valence-corrected chi connectivity index (χ2v) is 3.82.